The van der Waals surface area contributed by atoms with Gasteiger partial charge >= 0.3 is 8.25 Å². The number of rotatable bonds is 3. The Labute approximate surface area is 112 Å². The Morgan fingerprint density at radius 3 is 1.89 bits per heavy atom. The molecule has 0 radical (unpaired) electrons. The summed E-state index contributed by atoms with van der Waals surface area (Å²) in [6.45, 7) is 0. The van der Waals surface area contributed by atoms with Crippen LogP contribution in [-0.2, 0) is 4.57 Å². The van der Waals surface area contributed by atoms with Crippen molar-refractivity contribution in [3.05, 3.63) is 72.5 Å². The van der Waals surface area contributed by atoms with Crippen molar-refractivity contribution in [1.29, 1.82) is 0 Å². The SMILES string of the molecule is C(=Cc1ccccc1)Oc1ccccc1.O=[P+](O)O. The van der Waals surface area contributed by atoms with Crippen LogP contribution < -0.4 is 4.74 Å². The topological polar surface area (TPSA) is 66.8 Å². The third-order valence-electron chi connectivity index (χ3n) is 2.01. The summed E-state index contributed by atoms with van der Waals surface area (Å²) in [4.78, 5) is 14.2. The summed E-state index contributed by atoms with van der Waals surface area (Å²) >= 11 is 0. The normalized spacial score (nSPS) is 9.58. The van der Waals surface area contributed by atoms with E-state index in [0.29, 0.717) is 0 Å². The van der Waals surface area contributed by atoms with Crippen LogP contribution >= 0.6 is 8.25 Å². The van der Waals surface area contributed by atoms with E-state index in [-0.39, 0.29) is 0 Å². The van der Waals surface area contributed by atoms with Gasteiger partial charge < -0.3 is 4.74 Å². The highest BCUT2D eigenvalue weighted by atomic mass is 31.1. The molecule has 0 amide bonds. The quantitative estimate of drug-likeness (QED) is 0.666. The van der Waals surface area contributed by atoms with E-state index in [1.54, 1.807) is 6.26 Å². The van der Waals surface area contributed by atoms with Gasteiger partial charge in [0.15, 0.2) is 0 Å². The molecule has 0 atom stereocenters. The lowest BCUT2D eigenvalue weighted by Crippen LogP contribution is -1.80. The largest absolute Gasteiger partial charge is 0.692 e. The second kappa shape index (κ2) is 9.00. The van der Waals surface area contributed by atoms with E-state index in [1.165, 1.54) is 0 Å². The fourth-order valence-corrected chi connectivity index (χ4v) is 1.25. The first-order chi connectivity index (χ1) is 9.18. The van der Waals surface area contributed by atoms with E-state index in [1.807, 2.05) is 66.7 Å². The minimum atomic E-state index is -2.87. The summed E-state index contributed by atoms with van der Waals surface area (Å²) in [7, 11) is -2.87. The van der Waals surface area contributed by atoms with Gasteiger partial charge in [-0.1, -0.05) is 48.5 Å². The number of hydrogen-bond donors (Lipinski definition) is 2. The van der Waals surface area contributed by atoms with Crippen molar-refractivity contribution >= 4 is 14.3 Å². The zero-order valence-electron chi connectivity index (χ0n) is 10.1. The van der Waals surface area contributed by atoms with Crippen LogP contribution in [-0.4, -0.2) is 9.79 Å². The van der Waals surface area contributed by atoms with Gasteiger partial charge in [0, 0.05) is 4.57 Å². The Hall–Kier alpha value is -2.00. The molecule has 2 aromatic carbocycles. The molecule has 19 heavy (non-hydrogen) atoms. The number of benzene rings is 2. The summed E-state index contributed by atoms with van der Waals surface area (Å²) < 4.78 is 14.1. The van der Waals surface area contributed by atoms with Crippen molar-refractivity contribution in [3.8, 4) is 5.75 Å². The first-order valence-corrected chi connectivity index (χ1v) is 6.63. The van der Waals surface area contributed by atoms with Crippen LogP contribution in [0.15, 0.2) is 66.9 Å². The maximum Gasteiger partial charge on any atom is 0.692 e. The molecular weight excluding hydrogens is 263 g/mol. The van der Waals surface area contributed by atoms with E-state index in [4.69, 9.17) is 19.1 Å². The summed E-state index contributed by atoms with van der Waals surface area (Å²) in [5.41, 5.74) is 1.13. The Kier molecular flexibility index (Phi) is 7.13. The average molecular weight is 277 g/mol. The lowest BCUT2D eigenvalue weighted by Gasteiger charge is -1.98. The molecule has 0 fully saturated rings. The second-order valence-corrected chi connectivity index (χ2v) is 3.90. The Morgan fingerprint density at radius 1 is 0.895 bits per heavy atom. The average Bonchev–Trinajstić information content (AvgIpc) is 2.41. The van der Waals surface area contributed by atoms with Gasteiger partial charge in [-0.05, 0) is 23.8 Å². The van der Waals surface area contributed by atoms with E-state index >= 15 is 0 Å². The lowest BCUT2D eigenvalue weighted by molar-refractivity contribution is 0.405. The fraction of sp³-hybridized carbons (Fsp3) is 0. The third-order valence-corrected chi connectivity index (χ3v) is 2.01. The van der Waals surface area contributed by atoms with Gasteiger partial charge in [0.05, 0.1) is 6.26 Å². The first kappa shape index (κ1) is 15.1. The van der Waals surface area contributed by atoms with Crippen LogP contribution in [0, 0.1) is 0 Å². The second-order valence-electron chi connectivity index (χ2n) is 3.40. The van der Waals surface area contributed by atoms with Gasteiger partial charge in [-0.3, -0.25) is 0 Å². The number of para-hydroxylation sites is 1. The molecule has 0 aliphatic carbocycles. The zero-order chi connectivity index (χ0) is 13.9. The van der Waals surface area contributed by atoms with Crippen LogP contribution in [0.25, 0.3) is 6.08 Å². The predicted octanol–water partition coefficient (Wildman–Crippen LogP) is 3.36. The van der Waals surface area contributed by atoms with Crippen LogP contribution in [0.2, 0.25) is 0 Å². The molecule has 5 heteroatoms. The smallest absolute Gasteiger partial charge is 0.465 e. The van der Waals surface area contributed by atoms with E-state index in [9.17, 15) is 0 Å². The minimum absolute atomic E-state index is 0.852. The molecule has 4 nitrogen and oxygen atoms in total. The Morgan fingerprint density at radius 2 is 1.37 bits per heavy atom. The molecule has 0 saturated heterocycles. The van der Waals surface area contributed by atoms with Crippen molar-refractivity contribution in [1.82, 2.24) is 0 Å². The first-order valence-electron chi connectivity index (χ1n) is 5.47. The minimum Gasteiger partial charge on any atom is -0.465 e. The molecule has 2 aromatic rings. The molecular formula is C14H14O4P+. The molecule has 2 N–H and O–H groups in total. The van der Waals surface area contributed by atoms with E-state index in [0.717, 1.165) is 11.3 Å². The van der Waals surface area contributed by atoms with E-state index in [2.05, 4.69) is 0 Å². The lowest BCUT2D eigenvalue weighted by atomic mass is 10.2. The van der Waals surface area contributed by atoms with Crippen LogP contribution in [0.5, 0.6) is 5.75 Å². The molecule has 0 saturated carbocycles. The van der Waals surface area contributed by atoms with Gasteiger partial charge in [-0.15, -0.1) is 9.79 Å². The highest BCUT2D eigenvalue weighted by molar-refractivity contribution is 7.30. The molecule has 0 aliphatic rings. The molecule has 0 aliphatic heterocycles. The fourth-order valence-electron chi connectivity index (χ4n) is 1.25. The van der Waals surface area contributed by atoms with Gasteiger partial charge in [-0.25, -0.2) is 0 Å². The maximum atomic E-state index is 8.70. The van der Waals surface area contributed by atoms with E-state index < -0.39 is 8.25 Å². The molecule has 2 rings (SSSR count). The van der Waals surface area contributed by atoms with Gasteiger partial charge in [-0.2, -0.15) is 0 Å². The summed E-state index contributed by atoms with van der Waals surface area (Å²) in [5.74, 6) is 0.852. The van der Waals surface area contributed by atoms with Crippen molar-refractivity contribution in [3.63, 3.8) is 0 Å². The summed E-state index contributed by atoms with van der Waals surface area (Å²) in [6, 6.07) is 19.8. The molecule has 98 valence electrons. The summed E-state index contributed by atoms with van der Waals surface area (Å²) in [5, 5.41) is 0. The molecule has 0 heterocycles. The number of ether oxygens (including phenoxy) is 1. The highest BCUT2D eigenvalue weighted by Gasteiger charge is 1.93. The highest BCUT2D eigenvalue weighted by Crippen LogP contribution is 2.09. The zero-order valence-corrected chi connectivity index (χ0v) is 11.0. The monoisotopic (exact) mass is 277 g/mol. The van der Waals surface area contributed by atoms with Crippen LogP contribution in [0.4, 0.5) is 0 Å². The number of hydrogen-bond acceptors (Lipinski definition) is 2. The summed E-state index contributed by atoms with van der Waals surface area (Å²) in [6.07, 6.45) is 3.64. The molecule has 0 aromatic heterocycles. The van der Waals surface area contributed by atoms with Crippen LogP contribution in [0.3, 0.4) is 0 Å². The standard InChI is InChI=1S/C14H12O.HO3P/c1-3-7-13(8-4-1)11-12-15-14-9-5-2-6-10-14;1-4(2)3/h1-12H;(H-,1,2,3)/p+1. The third kappa shape index (κ3) is 7.84. The molecule has 0 unspecified atom stereocenters. The predicted molar refractivity (Wildman–Crippen MR) is 74.6 cm³/mol. The molecule has 0 spiro atoms. The van der Waals surface area contributed by atoms with Gasteiger partial charge in [0.25, 0.3) is 0 Å². The van der Waals surface area contributed by atoms with Gasteiger partial charge in [0.1, 0.15) is 5.75 Å². The van der Waals surface area contributed by atoms with Crippen molar-refractivity contribution in [2.45, 2.75) is 0 Å². The van der Waals surface area contributed by atoms with Crippen molar-refractivity contribution < 1.29 is 19.1 Å². The molecule has 0 bridgehead atoms. The van der Waals surface area contributed by atoms with Crippen molar-refractivity contribution in [2.75, 3.05) is 0 Å². The van der Waals surface area contributed by atoms with Crippen molar-refractivity contribution in [2.24, 2.45) is 0 Å². The maximum absolute atomic E-state index is 8.70. The van der Waals surface area contributed by atoms with Crippen LogP contribution in [0.1, 0.15) is 5.56 Å². The Balaban J connectivity index is 0.000000399. The van der Waals surface area contributed by atoms with Gasteiger partial charge in [0.2, 0.25) is 0 Å². The Bertz CT molecular complexity index is 507.